The third-order valence-corrected chi connectivity index (χ3v) is 5.58. The molecule has 4 aromatic heterocycles. The van der Waals surface area contributed by atoms with Gasteiger partial charge in [0.2, 0.25) is 5.43 Å². The Morgan fingerprint density at radius 1 is 1.16 bits per heavy atom. The van der Waals surface area contributed by atoms with Crippen LogP contribution in [-0.2, 0) is 19.6 Å². The van der Waals surface area contributed by atoms with Crippen molar-refractivity contribution in [1.29, 1.82) is 0 Å². The number of rotatable bonds is 4. The van der Waals surface area contributed by atoms with Gasteiger partial charge in [0.05, 0.1) is 22.6 Å². The van der Waals surface area contributed by atoms with Gasteiger partial charge in [-0.2, -0.15) is 0 Å². The maximum atomic E-state index is 12.8. The molecule has 1 aliphatic heterocycles. The minimum atomic E-state index is -1.29. The van der Waals surface area contributed by atoms with Crippen LogP contribution in [0.2, 0.25) is 5.02 Å². The van der Waals surface area contributed by atoms with Crippen molar-refractivity contribution in [3.8, 4) is 0 Å². The molecule has 0 saturated carbocycles. The van der Waals surface area contributed by atoms with Crippen molar-refractivity contribution in [3.63, 3.8) is 0 Å². The zero-order valence-corrected chi connectivity index (χ0v) is 17.0. The van der Waals surface area contributed by atoms with Crippen molar-refractivity contribution in [2.75, 3.05) is 4.90 Å². The smallest absolute Gasteiger partial charge is 0.341 e. The van der Waals surface area contributed by atoms with Crippen molar-refractivity contribution < 1.29 is 9.90 Å². The molecule has 0 atom stereocenters. The second-order valence-corrected chi connectivity index (χ2v) is 7.70. The number of carbonyl (C=O) groups is 1. The van der Waals surface area contributed by atoms with Crippen LogP contribution in [0, 0.1) is 0 Å². The Balaban J connectivity index is 1.67. The Bertz CT molecular complexity index is 1360. The topological polar surface area (TPSA) is 101 Å². The number of hydrogen-bond donors (Lipinski definition) is 1. The molecule has 0 fully saturated rings. The van der Waals surface area contributed by atoms with Crippen LogP contribution >= 0.6 is 11.6 Å². The molecule has 0 aliphatic carbocycles. The summed E-state index contributed by atoms with van der Waals surface area (Å²) in [6, 6.07) is 9.05. The molecule has 31 heavy (non-hydrogen) atoms. The first kappa shape index (κ1) is 19.2. The molecule has 5 heterocycles. The van der Waals surface area contributed by atoms with Crippen molar-refractivity contribution in [2.45, 2.75) is 19.6 Å². The van der Waals surface area contributed by atoms with Crippen molar-refractivity contribution >= 4 is 34.4 Å². The van der Waals surface area contributed by atoms with Gasteiger partial charge in [-0.1, -0.05) is 17.7 Å². The molecule has 0 unspecified atom stereocenters. The van der Waals surface area contributed by atoms with E-state index in [1.807, 2.05) is 29.2 Å². The zero-order valence-electron chi connectivity index (χ0n) is 16.2. The van der Waals surface area contributed by atoms with Crippen LogP contribution in [0.25, 0.3) is 11.0 Å². The SMILES string of the molecule is O=C(O)c1cn(Cc2ccncc2)c2nc(N3Cc4cccnc4C3)c(Cl)cc2c1=O. The van der Waals surface area contributed by atoms with Gasteiger partial charge >= 0.3 is 5.97 Å². The molecule has 0 amide bonds. The van der Waals surface area contributed by atoms with Crippen molar-refractivity contribution in [2.24, 2.45) is 0 Å². The van der Waals surface area contributed by atoms with E-state index in [4.69, 9.17) is 16.6 Å². The normalized spacial score (nSPS) is 12.9. The molecule has 9 heteroatoms. The lowest BCUT2D eigenvalue weighted by Gasteiger charge is -2.20. The predicted octanol–water partition coefficient (Wildman–Crippen LogP) is 3.11. The van der Waals surface area contributed by atoms with Gasteiger partial charge in [0.15, 0.2) is 5.82 Å². The number of aromatic carboxylic acids is 1. The van der Waals surface area contributed by atoms with E-state index in [9.17, 15) is 14.7 Å². The van der Waals surface area contributed by atoms with Gasteiger partial charge < -0.3 is 14.6 Å². The number of halogens is 1. The number of carboxylic acids is 1. The predicted molar refractivity (Wildman–Crippen MR) is 115 cm³/mol. The molecule has 1 aliphatic rings. The van der Waals surface area contributed by atoms with E-state index < -0.39 is 11.4 Å². The molecule has 5 rings (SSSR count). The first-order valence-corrected chi connectivity index (χ1v) is 9.92. The summed E-state index contributed by atoms with van der Waals surface area (Å²) in [5.74, 6) is -0.769. The standard InChI is InChI=1S/C22H16ClN5O3/c23-17-8-15-19(29)16(22(30)31)11-27(9-13-3-6-24-7-4-13)20(15)26-21(17)28-10-14-2-1-5-25-18(14)12-28/h1-8,11H,9-10,12H2,(H,30,31). The van der Waals surface area contributed by atoms with Crippen LogP contribution < -0.4 is 10.3 Å². The lowest BCUT2D eigenvalue weighted by atomic mass is 10.1. The summed E-state index contributed by atoms with van der Waals surface area (Å²) in [4.78, 5) is 39.6. The van der Waals surface area contributed by atoms with Gasteiger partial charge in [-0.25, -0.2) is 9.78 Å². The molecule has 0 radical (unpaired) electrons. The maximum absolute atomic E-state index is 12.8. The molecule has 1 N–H and O–H groups in total. The zero-order chi connectivity index (χ0) is 21.5. The Morgan fingerprint density at radius 2 is 1.97 bits per heavy atom. The summed E-state index contributed by atoms with van der Waals surface area (Å²) < 4.78 is 1.66. The highest BCUT2D eigenvalue weighted by Crippen LogP contribution is 2.32. The first-order chi connectivity index (χ1) is 15.0. The van der Waals surface area contributed by atoms with Gasteiger partial charge in [0.25, 0.3) is 0 Å². The number of hydrogen-bond acceptors (Lipinski definition) is 6. The Kier molecular flexibility index (Phi) is 4.63. The van der Waals surface area contributed by atoms with E-state index in [2.05, 4.69) is 9.97 Å². The molecule has 0 saturated heterocycles. The van der Waals surface area contributed by atoms with E-state index in [0.717, 1.165) is 16.8 Å². The molecule has 154 valence electrons. The summed E-state index contributed by atoms with van der Waals surface area (Å²) in [6.07, 6.45) is 6.39. The average Bonchev–Trinajstić information content (AvgIpc) is 3.20. The van der Waals surface area contributed by atoms with E-state index in [0.29, 0.717) is 31.1 Å². The maximum Gasteiger partial charge on any atom is 0.341 e. The number of nitrogens with zero attached hydrogens (tertiary/aromatic N) is 5. The molecule has 0 spiro atoms. The monoisotopic (exact) mass is 433 g/mol. The van der Waals surface area contributed by atoms with Crippen LogP contribution in [0.5, 0.6) is 0 Å². The third kappa shape index (κ3) is 3.40. The van der Waals surface area contributed by atoms with Gasteiger partial charge in [-0.15, -0.1) is 0 Å². The summed E-state index contributed by atoms with van der Waals surface area (Å²) in [5, 5.41) is 9.97. The largest absolute Gasteiger partial charge is 0.477 e. The second kappa shape index (κ2) is 7.48. The summed E-state index contributed by atoms with van der Waals surface area (Å²) in [5.41, 5.74) is 2.37. The van der Waals surface area contributed by atoms with Crippen LogP contribution in [-0.4, -0.2) is 30.6 Å². The highest BCUT2D eigenvalue weighted by atomic mass is 35.5. The number of anilines is 1. The lowest BCUT2D eigenvalue weighted by Crippen LogP contribution is -2.22. The summed E-state index contributed by atoms with van der Waals surface area (Å²) >= 11 is 6.51. The van der Waals surface area contributed by atoms with E-state index in [1.54, 1.807) is 23.2 Å². The van der Waals surface area contributed by atoms with Crippen LogP contribution in [0.1, 0.15) is 27.2 Å². The first-order valence-electron chi connectivity index (χ1n) is 9.55. The van der Waals surface area contributed by atoms with Crippen molar-refractivity contribution in [3.05, 3.63) is 92.7 Å². The fourth-order valence-electron chi connectivity index (χ4n) is 3.81. The molecular formula is C22H16ClN5O3. The molecule has 4 aromatic rings. The van der Waals surface area contributed by atoms with Crippen LogP contribution in [0.15, 0.2) is 59.9 Å². The molecule has 8 nitrogen and oxygen atoms in total. The fourth-order valence-corrected chi connectivity index (χ4v) is 4.08. The number of pyridine rings is 4. The van der Waals surface area contributed by atoms with Crippen molar-refractivity contribution in [1.82, 2.24) is 19.5 Å². The average molecular weight is 434 g/mol. The summed E-state index contributed by atoms with van der Waals surface area (Å²) in [6.45, 7) is 1.48. The quantitative estimate of drug-likeness (QED) is 0.527. The fraction of sp³-hybridized carbons (Fsp3) is 0.136. The Labute approximate surface area is 181 Å². The third-order valence-electron chi connectivity index (χ3n) is 5.30. The highest BCUT2D eigenvalue weighted by Gasteiger charge is 2.25. The van der Waals surface area contributed by atoms with E-state index in [-0.39, 0.29) is 16.0 Å². The van der Waals surface area contributed by atoms with Gasteiger partial charge in [0.1, 0.15) is 11.2 Å². The summed E-state index contributed by atoms with van der Waals surface area (Å²) in [7, 11) is 0. The van der Waals surface area contributed by atoms with Gasteiger partial charge in [-0.3, -0.25) is 14.8 Å². The number of fused-ring (bicyclic) bond motifs is 2. The van der Waals surface area contributed by atoms with Gasteiger partial charge in [0, 0.05) is 37.9 Å². The van der Waals surface area contributed by atoms with Gasteiger partial charge in [-0.05, 0) is 35.4 Å². The highest BCUT2D eigenvalue weighted by molar-refractivity contribution is 6.33. The number of aromatic nitrogens is 4. The Morgan fingerprint density at radius 3 is 2.71 bits per heavy atom. The molecular weight excluding hydrogens is 418 g/mol. The van der Waals surface area contributed by atoms with Crippen LogP contribution in [0.4, 0.5) is 5.82 Å². The Hall–Kier alpha value is -3.78. The van der Waals surface area contributed by atoms with Crippen LogP contribution in [0.3, 0.4) is 0 Å². The van der Waals surface area contributed by atoms with E-state index in [1.165, 1.54) is 12.3 Å². The molecule has 0 bridgehead atoms. The van der Waals surface area contributed by atoms with E-state index >= 15 is 0 Å². The molecule has 0 aromatic carbocycles. The lowest BCUT2D eigenvalue weighted by molar-refractivity contribution is 0.0695. The number of carboxylic acid groups (broad SMARTS) is 1. The second-order valence-electron chi connectivity index (χ2n) is 7.29. The minimum absolute atomic E-state index is 0.164. The minimum Gasteiger partial charge on any atom is -0.477 e.